The third kappa shape index (κ3) is 3.17. The lowest BCUT2D eigenvalue weighted by molar-refractivity contribution is 0.0652. The molecule has 1 fully saturated rings. The number of hydrogen-bond donors (Lipinski definition) is 0. The van der Waals surface area contributed by atoms with Gasteiger partial charge in [-0.2, -0.15) is 0 Å². The van der Waals surface area contributed by atoms with Crippen molar-refractivity contribution in [2.24, 2.45) is 5.92 Å². The third-order valence-electron chi connectivity index (χ3n) is 3.99. The fraction of sp³-hybridized carbons (Fsp3) is 0.588. The van der Waals surface area contributed by atoms with Crippen LogP contribution in [0.5, 0.6) is 0 Å². The number of nitrogens with zero attached hydrogens (tertiary/aromatic N) is 1. The molecule has 1 aromatic carbocycles. The first kappa shape index (κ1) is 14.1. The van der Waals surface area contributed by atoms with Gasteiger partial charge in [-0.15, -0.1) is 0 Å². The van der Waals surface area contributed by atoms with Gasteiger partial charge in [0.1, 0.15) is 0 Å². The Labute approximate surface area is 116 Å². The van der Waals surface area contributed by atoms with Crippen LogP contribution in [0.2, 0.25) is 0 Å². The van der Waals surface area contributed by atoms with E-state index in [4.69, 9.17) is 0 Å². The van der Waals surface area contributed by atoms with Crippen LogP contribution in [0.15, 0.2) is 24.3 Å². The highest BCUT2D eigenvalue weighted by Crippen LogP contribution is 2.29. The molecule has 104 valence electrons. The van der Waals surface area contributed by atoms with Gasteiger partial charge in [0.2, 0.25) is 0 Å². The summed E-state index contributed by atoms with van der Waals surface area (Å²) in [6.07, 6.45) is 3.29. The summed E-state index contributed by atoms with van der Waals surface area (Å²) in [7, 11) is 0. The highest BCUT2D eigenvalue weighted by atomic mass is 16.2. The van der Waals surface area contributed by atoms with E-state index < -0.39 is 0 Å². The summed E-state index contributed by atoms with van der Waals surface area (Å²) in [4.78, 5) is 14.5. The van der Waals surface area contributed by atoms with E-state index in [9.17, 15) is 4.79 Å². The van der Waals surface area contributed by atoms with Gasteiger partial charge in [-0.25, -0.2) is 0 Å². The molecule has 1 heterocycles. The van der Waals surface area contributed by atoms with E-state index in [1.165, 1.54) is 5.56 Å². The minimum atomic E-state index is 0.00763. The lowest BCUT2D eigenvalue weighted by Gasteiger charge is -2.31. The molecule has 2 heteroatoms. The number of carbonyl (C=O) groups excluding carboxylic acids is 1. The average Bonchev–Trinajstić information content (AvgIpc) is 2.68. The van der Waals surface area contributed by atoms with Gasteiger partial charge in [0.25, 0.3) is 5.91 Å². The van der Waals surface area contributed by atoms with Gasteiger partial charge < -0.3 is 4.90 Å². The quantitative estimate of drug-likeness (QED) is 0.806. The first-order chi connectivity index (χ1) is 8.90. The number of benzene rings is 1. The highest BCUT2D eigenvalue weighted by Gasteiger charge is 2.35. The second kappa shape index (κ2) is 5.36. The van der Waals surface area contributed by atoms with E-state index in [1.54, 1.807) is 0 Å². The third-order valence-corrected chi connectivity index (χ3v) is 3.99. The zero-order valence-electron chi connectivity index (χ0n) is 12.6. The SMILES string of the molecule is CC(C)Cc1ccc(C(=O)N2CCCC2(C)C)cc1. The molecule has 0 spiro atoms. The lowest BCUT2D eigenvalue weighted by Crippen LogP contribution is -2.42. The number of likely N-dealkylation sites (tertiary alicyclic amines) is 1. The summed E-state index contributed by atoms with van der Waals surface area (Å²) in [6.45, 7) is 9.63. The fourth-order valence-corrected chi connectivity index (χ4v) is 2.89. The zero-order valence-corrected chi connectivity index (χ0v) is 12.6. The molecule has 1 aromatic rings. The van der Waals surface area contributed by atoms with Crippen LogP contribution in [-0.4, -0.2) is 22.9 Å². The normalized spacial score (nSPS) is 18.1. The van der Waals surface area contributed by atoms with Crippen molar-refractivity contribution >= 4 is 5.91 Å². The molecule has 0 aliphatic carbocycles. The molecule has 2 rings (SSSR count). The number of hydrogen-bond acceptors (Lipinski definition) is 1. The molecule has 0 N–H and O–H groups in total. The second-order valence-electron chi connectivity index (χ2n) is 6.67. The first-order valence-electron chi connectivity index (χ1n) is 7.31. The van der Waals surface area contributed by atoms with Crippen molar-refractivity contribution in [3.8, 4) is 0 Å². The topological polar surface area (TPSA) is 20.3 Å². The van der Waals surface area contributed by atoms with Crippen molar-refractivity contribution in [2.75, 3.05) is 6.54 Å². The molecule has 1 amide bonds. The second-order valence-corrected chi connectivity index (χ2v) is 6.67. The summed E-state index contributed by atoms with van der Waals surface area (Å²) in [5, 5.41) is 0. The molecule has 1 saturated heterocycles. The molecule has 0 saturated carbocycles. The Hall–Kier alpha value is -1.31. The lowest BCUT2D eigenvalue weighted by atomic mass is 9.99. The Kier molecular flexibility index (Phi) is 3.98. The van der Waals surface area contributed by atoms with E-state index in [2.05, 4.69) is 39.8 Å². The van der Waals surface area contributed by atoms with E-state index >= 15 is 0 Å². The number of rotatable bonds is 3. The van der Waals surface area contributed by atoms with Crippen LogP contribution in [0.4, 0.5) is 0 Å². The molecule has 2 nitrogen and oxygen atoms in total. The van der Waals surface area contributed by atoms with Gasteiger partial charge in [0.05, 0.1) is 0 Å². The van der Waals surface area contributed by atoms with Crippen LogP contribution < -0.4 is 0 Å². The van der Waals surface area contributed by atoms with E-state index in [-0.39, 0.29) is 11.4 Å². The minimum Gasteiger partial charge on any atom is -0.334 e. The summed E-state index contributed by atoms with van der Waals surface area (Å²) in [5.41, 5.74) is 2.14. The van der Waals surface area contributed by atoms with Crippen LogP contribution in [0.25, 0.3) is 0 Å². The smallest absolute Gasteiger partial charge is 0.254 e. The largest absolute Gasteiger partial charge is 0.334 e. The van der Waals surface area contributed by atoms with Crippen molar-refractivity contribution in [1.82, 2.24) is 4.90 Å². The molecular weight excluding hydrogens is 234 g/mol. The summed E-state index contributed by atoms with van der Waals surface area (Å²) in [6, 6.07) is 8.15. The molecule has 19 heavy (non-hydrogen) atoms. The fourth-order valence-electron chi connectivity index (χ4n) is 2.89. The van der Waals surface area contributed by atoms with Gasteiger partial charge in [-0.3, -0.25) is 4.79 Å². The number of carbonyl (C=O) groups is 1. The average molecular weight is 259 g/mol. The molecule has 0 aromatic heterocycles. The van der Waals surface area contributed by atoms with Crippen LogP contribution in [0, 0.1) is 5.92 Å². The molecule has 1 aliphatic heterocycles. The Bertz CT molecular complexity index is 445. The molecular formula is C17H25NO. The van der Waals surface area contributed by atoms with Crippen molar-refractivity contribution in [1.29, 1.82) is 0 Å². The summed E-state index contributed by atoms with van der Waals surface area (Å²) in [5.74, 6) is 0.831. The monoisotopic (exact) mass is 259 g/mol. The molecule has 0 radical (unpaired) electrons. The van der Waals surface area contributed by atoms with Gasteiger partial charge in [0, 0.05) is 17.6 Å². The standard InChI is InChI=1S/C17H25NO/c1-13(2)12-14-6-8-15(9-7-14)16(19)18-11-5-10-17(18,3)4/h6-9,13H,5,10-12H2,1-4H3. The van der Waals surface area contributed by atoms with E-state index in [0.29, 0.717) is 5.92 Å². The van der Waals surface area contributed by atoms with Crippen LogP contribution >= 0.6 is 0 Å². The molecule has 1 aliphatic rings. The Morgan fingerprint density at radius 1 is 1.26 bits per heavy atom. The molecule has 0 atom stereocenters. The maximum absolute atomic E-state index is 12.5. The summed E-state index contributed by atoms with van der Waals surface area (Å²) >= 11 is 0. The number of amides is 1. The predicted octanol–water partition coefficient (Wildman–Crippen LogP) is 3.90. The van der Waals surface area contributed by atoms with Gasteiger partial charge in [-0.1, -0.05) is 26.0 Å². The van der Waals surface area contributed by atoms with Crippen molar-refractivity contribution < 1.29 is 4.79 Å². The van der Waals surface area contributed by atoms with Gasteiger partial charge in [0.15, 0.2) is 0 Å². The van der Waals surface area contributed by atoms with E-state index in [0.717, 1.165) is 31.4 Å². The van der Waals surface area contributed by atoms with Gasteiger partial charge >= 0.3 is 0 Å². The first-order valence-corrected chi connectivity index (χ1v) is 7.31. The van der Waals surface area contributed by atoms with Crippen LogP contribution in [-0.2, 0) is 6.42 Å². The Morgan fingerprint density at radius 2 is 1.89 bits per heavy atom. The van der Waals surface area contributed by atoms with Crippen molar-refractivity contribution in [3.63, 3.8) is 0 Å². The minimum absolute atomic E-state index is 0.00763. The highest BCUT2D eigenvalue weighted by molar-refractivity contribution is 5.94. The maximum Gasteiger partial charge on any atom is 0.254 e. The molecule has 0 unspecified atom stereocenters. The van der Waals surface area contributed by atoms with Crippen LogP contribution in [0.1, 0.15) is 56.5 Å². The maximum atomic E-state index is 12.5. The summed E-state index contributed by atoms with van der Waals surface area (Å²) < 4.78 is 0. The molecule has 0 bridgehead atoms. The van der Waals surface area contributed by atoms with Gasteiger partial charge in [-0.05, 0) is 56.7 Å². The Morgan fingerprint density at radius 3 is 2.37 bits per heavy atom. The Balaban J connectivity index is 2.12. The predicted molar refractivity (Wildman–Crippen MR) is 79.3 cm³/mol. The van der Waals surface area contributed by atoms with E-state index in [1.807, 2.05) is 17.0 Å². The van der Waals surface area contributed by atoms with Crippen molar-refractivity contribution in [3.05, 3.63) is 35.4 Å². The van der Waals surface area contributed by atoms with Crippen molar-refractivity contribution in [2.45, 2.75) is 52.5 Å². The van der Waals surface area contributed by atoms with Crippen LogP contribution in [0.3, 0.4) is 0 Å². The zero-order chi connectivity index (χ0) is 14.0.